The molecule has 0 saturated carbocycles. The fraction of sp³-hybridized carbons (Fsp3) is 0.179. The van der Waals surface area contributed by atoms with Crippen LogP contribution in [-0.4, -0.2) is 39.6 Å². The molecule has 0 amide bonds. The van der Waals surface area contributed by atoms with Gasteiger partial charge < -0.3 is 20.1 Å². The molecule has 170 valence electrons. The van der Waals surface area contributed by atoms with E-state index in [1.165, 1.54) is 0 Å². The molecule has 5 heteroatoms. The average Bonchev–Trinajstić information content (AvgIpc) is 2.84. The van der Waals surface area contributed by atoms with E-state index < -0.39 is 6.10 Å². The zero-order valence-corrected chi connectivity index (χ0v) is 18.5. The second-order valence-corrected chi connectivity index (χ2v) is 7.58. The molecule has 0 aliphatic heterocycles. The molecule has 0 spiro atoms. The van der Waals surface area contributed by atoms with Gasteiger partial charge in [0.15, 0.2) is 0 Å². The maximum Gasteiger partial charge on any atom is 0.119 e. The molecular weight excluding hydrogens is 414 g/mol. The van der Waals surface area contributed by atoms with Crippen molar-refractivity contribution in [3.05, 3.63) is 114 Å². The van der Waals surface area contributed by atoms with E-state index in [1.807, 2.05) is 60.7 Å². The highest BCUT2D eigenvalue weighted by Gasteiger charge is 2.16. The quantitative estimate of drug-likeness (QED) is 0.362. The molecule has 0 fully saturated rings. The summed E-state index contributed by atoms with van der Waals surface area (Å²) in [6.07, 6.45) is 5.35. The molecule has 2 aromatic carbocycles. The minimum atomic E-state index is -0.833. The molecule has 0 aliphatic rings. The van der Waals surface area contributed by atoms with E-state index in [2.05, 4.69) is 11.6 Å². The first-order chi connectivity index (χ1) is 16.1. The van der Waals surface area contributed by atoms with Crippen LogP contribution in [0.1, 0.15) is 24.1 Å². The summed E-state index contributed by atoms with van der Waals surface area (Å²) in [7, 11) is 0. The van der Waals surface area contributed by atoms with Crippen molar-refractivity contribution in [2.24, 2.45) is 0 Å². The van der Waals surface area contributed by atoms with Crippen LogP contribution in [0.5, 0.6) is 11.5 Å². The minimum absolute atomic E-state index is 0.187. The summed E-state index contributed by atoms with van der Waals surface area (Å²) in [5.41, 5.74) is 3.74. The van der Waals surface area contributed by atoms with E-state index in [9.17, 15) is 15.3 Å². The number of hydrogen-bond acceptors (Lipinski definition) is 5. The Kier molecular flexibility index (Phi) is 9.00. The van der Waals surface area contributed by atoms with E-state index >= 15 is 0 Å². The van der Waals surface area contributed by atoms with Gasteiger partial charge in [-0.05, 0) is 77.6 Å². The monoisotopic (exact) mass is 443 g/mol. The van der Waals surface area contributed by atoms with Gasteiger partial charge in [-0.25, -0.2) is 0 Å². The van der Waals surface area contributed by atoms with Crippen molar-refractivity contribution in [3.63, 3.8) is 0 Å². The Balaban J connectivity index is 1.72. The van der Waals surface area contributed by atoms with Gasteiger partial charge in [-0.1, -0.05) is 49.1 Å². The van der Waals surface area contributed by atoms with Crippen molar-refractivity contribution in [2.75, 3.05) is 13.2 Å². The Morgan fingerprint density at radius 2 is 1.82 bits per heavy atom. The highest BCUT2D eigenvalue weighted by atomic mass is 16.5. The van der Waals surface area contributed by atoms with Crippen LogP contribution in [0.25, 0.3) is 11.6 Å². The van der Waals surface area contributed by atoms with Crippen LogP contribution in [0.4, 0.5) is 0 Å². The maximum atomic E-state index is 10.9. The number of para-hydroxylation sites is 1. The largest absolute Gasteiger partial charge is 0.508 e. The molecule has 0 aliphatic carbocycles. The Morgan fingerprint density at radius 3 is 2.52 bits per heavy atom. The zero-order valence-electron chi connectivity index (χ0n) is 18.5. The minimum Gasteiger partial charge on any atom is -0.508 e. The van der Waals surface area contributed by atoms with Crippen molar-refractivity contribution in [1.82, 2.24) is 4.98 Å². The topological polar surface area (TPSA) is 82.8 Å². The molecule has 3 aromatic rings. The lowest BCUT2D eigenvalue weighted by Gasteiger charge is -2.19. The van der Waals surface area contributed by atoms with Gasteiger partial charge >= 0.3 is 0 Å². The lowest BCUT2D eigenvalue weighted by atomic mass is 9.94. The van der Waals surface area contributed by atoms with Crippen LogP contribution in [0.3, 0.4) is 0 Å². The maximum absolute atomic E-state index is 10.9. The number of phenols is 1. The second kappa shape index (κ2) is 12.4. The lowest BCUT2D eigenvalue weighted by molar-refractivity contribution is 0.200. The summed E-state index contributed by atoms with van der Waals surface area (Å²) in [4.78, 5) is 4.45. The highest BCUT2D eigenvalue weighted by Crippen LogP contribution is 2.26. The van der Waals surface area contributed by atoms with Crippen LogP contribution < -0.4 is 4.74 Å². The Bertz CT molecular complexity index is 1090. The summed E-state index contributed by atoms with van der Waals surface area (Å²) in [5, 5.41) is 30.2. The third kappa shape index (κ3) is 7.45. The first-order valence-electron chi connectivity index (χ1n) is 10.8. The molecule has 0 saturated heterocycles. The first-order valence-corrected chi connectivity index (χ1v) is 10.8. The number of benzene rings is 2. The number of aromatic nitrogens is 1. The SMILES string of the molecule is C=C(COc1ccccc1)/C(=C/CO)C(O)CC/C(=C/c1cccc(O)c1)c1ccccn1. The number of allylic oxidation sites excluding steroid dienone is 1. The van der Waals surface area contributed by atoms with E-state index in [0.717, 1.165) is 16.8 Å². The number of aliphatic hydroxyl groups excluding tert-OH is 2. The summed E-state index contributed by atoms with van der Waals surface area (Å²) in [6, 6.07) is 22.0. The van der Waals surface area contributed by atoms with E-state index in [1.54, 1.807) is 30.5 Å². The van der Waals surface area contributed by atoms with Crippen molar-refractivity contribution in [1.29, 1.82) is 0 Å². The molecule has 5 nitrogen and oxygen atoms in total. The van der Waals surface area contributed by atoms with Crippen LogP contribution in [-0.2, 0) is 0 Å². The fourth-order valence-corrected chi connectivity index (χ4v) is 3.48. The van der Waals surface area contributed by atoms with Crippen LogP contribution in [0.2, 0.25) is 0 Å². The van der Waals surface area contributed by atoms with Gasteiger partial charge in [-0.2, -0.15) is 0 Å². The van der Waals surface area contributed by atoms with Crippen LogP contribution >= 0.6 is 0 Å². The number of hydrogen-bond donors (Lipinski definition) is 3. The first kappa shape index (κ1) is 24.0. The van der Waals surface area contributed by atoms with Crippen molar-refractivity contribution in [3.8, 4) is 11.5 Å². The number of nitrogens with zero attached hydrogens (tertiary/aromatic N) is 1. The molecule has 1 unspecified atom stereocenters. The second-order valence-electron chi connectivity index (χ2n) is 7.58. The summed E-state index contributed by atoms with van der Waals surface area (Å²) in [6.45, 7) is 4.06. The lowest BCUT2D eigenvalue weighted by Crippen LogP contribution is -2.16. The zero-order chi connectivity index (χ0) is 23.5. The molecule has 0 radical (unpaired) electrons. The fourth-order valence-electron chi connectivity index (χ4n) is 3.48. The summed E-state index contributed by atoms with van der Waals surface area (Å²) >= 11 is 0. The molecule has 33 heavy (non-hydrogen) atoms. The number of ether oxygens (including phenoxy) is 1. The Labute approximate surface area is 194 Å². The normalized spacial score (nSPS) is 12.9. The molecule has 0 bridgehead atoms. The van der Waals surface area contributed by atoms with Gasteiger partial charge in [0, 0.05) is 6.20 Å². The predicted molar refractivity (Wildman–Crippen MR) is 132 cm³/mol. The van der Waals surface area contributed by atoms with Gasteiger partial charge in [0.2, 0.25) is 0 Å². The van der Waals surface area contributed by atoms with Crippen LogP contribution in [0, 0.1) is 0 Å². The van der Waals surface area contributed by atoms with Crippen molar-refractivity contribution < 1.29 is 20.1 Å². The van der Waals surface area contributed by atoms with Gasteiger partial charge in [0.1, 0.15) is 18.1 Å². The van der Waals surface area contributed by atoms with E-state index in [4.69, 9.17) is 4.74 Å². The average molecular weight is 444 g/mol. The Hall–Kier alpha value is -3.67. The van der Waals surface area contributed by atoms with Gasteiger partial charge in [-0.3, -0.25) is 4.98 Å². The molecule has 3 N–H and O–H groups in total. The van der Waals surface area contributed by atoms with Gasteiger partial charge in [0.05, 0.1) is 18.4 Å². The molecule has 3 rings (SSSR count). The Morgan fingerprint density at radius 1 is 1.03 bits per heavy atom. The smallest absolute Gasteiger partial charge is 0.119 e. The molecule has 1 atom stereocenters. The third-order valence-electron chi connectivity index (χ3n) is 5.13. The number of pyridine rings is 1. The number of rotatable bonds is 11. The van der Waals surface area contributed by atoms with Crippen molar-refractivity contribution in [2.45, 2.75) is 18.9 Å². The predicted octanol–water partition coefficient (Wildman–Crippen LogP) is 5.02. The van der Waals surface area contributed by atoms with E-state index in [0.29, 0.717) is 29.7 Å². The van der Waals surface area contributed by atoms with Crippen LogP contribution in [0.15, 0.2) is 103 Å². The molecule has 1 heterocycles. The van der Waals surface area contributed by atoms with Crippen molar-refractivity contribution >= 4 is 11.6 Å². The van der Waals surface area contributed by atoms with Gasteiger partial charge in [-0.15, -0.1) is 0 Å². The van der Waals surface area contributed by atoms with E-state index in [-0.39, 0.29) is 19.0 Å². The number of aliphatic hydroxyl groups is 2. The standard InChI is InChI=1S/C28H29NO4/c1-21(20-33-25-10-3-2-4-11-25)26(15-17-30)28(32)14-13-23(27-12-5-6-16-29-27)18-22-8-7-9-24(31)19-22/h2-12,15-16,18-19,28,30-32H,1,13-14,17,20H2/b23-18-,26-15-. The molecular formula is C28H29NO4. The number of phenolic OH excluding ortho intramolecular Hbond substituents is 1. The summed E-state index contributed by atoms with van der Waals surface area (Å²) < 4.78 is 5.75. The van der Waals surface area contributed by atoms with Gasteiger partial charge in [0.25, 0.3) is 0 Å². The molecule has 1 aromatic heterocycles. The summed E-state index contributed by atoms with van der Waals surface area (Å²) in [5.74, 6) is 0.898. The highest BCUT2D eigenvalue weighted by molar-refractivity contribution is 5.80. The number of aromatic hydroxyl groups is 1. The third-order valence-corrected chi connectivity index (χ3v) is 5.13.